The van der Waals surface area contributed by atoms with E-state index in [4.69, 9.17) is 21.6 Å². The Labute approximate surface area is 179 Å². The Bertz CT molecular complexity index is 1400. The summed E-state index contributed by atoms with van der Waals surface area (Å²) in [5, 5.41) is 4.99. The molecule has 0 spiro atoms. The van der Waals surface area contributed by atoms with Crippen molar-refractivity contribution in [1.82, 2.24) is 14.5 Å². The Morgan fingerprint density at radius 1 is 1.00 bits per heavy atom. The normalized spacial score (nSPS) is 11.1. The van der Waals surface area contributed by atoms with Gasteiger partial charge in [-0.1, -0.05) is 66.7 Å². The molecule has 5 rings (SSSR count). The third-order valence-electron chi connectivity index (χ3n) is 5.20. The topological polar surface area (TPSA) is 42.7 Å². The number of hydrogen-bond donors (Lipinski definition) is 1. The van der Waals surface area contributed by atoms with Crippen LogP contribution >= 0.6 is 11.6 Å². The van der Waals surface area contributed by atoms with Crippen LogP contribution in [0.15, 0.2) is 85.7 Å². The highest BCUT2D eigenvalue weighted by atomic mass is 35.5. The van der Waals surface area contributed by atoms with Gasteiger partial charge in [-0.05, 0) is 42.3 Å². The predicted molar refractivity (Wildman–Crippen MR) is 125 cm³/mol. The molecule has 0 aliphatic rings. The maximum absolute atomic E-state index is 6.33. The molecule has 0 fully saturated rings. The lowest BCUT2D eigenvalue weighted by Crippen LogP contribution is -2.02. The Kier molecular flexibility index (Phi) is 4.49. The summed E-state index contributed by atoms with van der Waals surface area (Å²) in [6.45, 7) is 6.28. The van der Waals surface area contributed by atoms with Crippen molar-refractivity contribution >= 4 is 45.1 Å². The Hall–Kier alpha value is -3.63. The fraction of sp³-hybridized carbons (Fsp3) is 0.0400. The highest BCUT2D eigenvalue weighted by Gasteiger charge is 2.17. The molecular weight excluding hydrogens is 392 g/mol. The van der Waals surface area contributed by atoms with Crippen LogP contribution in [0, 0.1) is 6.92 Å². The van der Waals surface area contributed by atoms with Gasteiger partial charge < -0.3 is 5.32 Å². The van der Waals surface area contributed by atoms with Crippen LogP contribution in [0.4, 0.5) is 5.82 Å². The minimum atomic E-state index is 0.664. The highest BCUT2D eigenvalue weighted by Crippen LogP contribution is 2.33. The fourth-order valence-corrected chi connectivity index (χ4v) is 3.88. The minimum Gasteiger partial charge on any atom is -0.338 e. The van der Waals surface area contributed by atoms with Gasteiger partial charge in [0.05, 0.1) is 16.7 Å². The Balaban J connectivity index is 1.75. The molecule has 146 valence electrons. The van der Waals surface area contributed by atoms with E-state index in [-0.39, 0.29) is 0 Å². The van der Waals surface area contributed by atoms with Crippen molar-refractivity contribution in [2.24, 2.45) is 0 Å². The molecule has 30 heavy (non-hydrogen) atoms. The summed E-state index contributed by atoms with van der Waals surface area (Å²) < 4.78 is 2.10. The number of anilines is 1. The van der Waals surface area contributed by atoms with Crippen molar-refractivity contribution in [3.05, 3.63) is 102 Å². The molecule has 0 amide bonds. The molecule has 0 atom stereocenters. The first-order chi connectivity index (χ1) is 14.6. The third-order valence-corrected chi connectivity index (χ3v) is 5.44. The molecule has 0 saturated carbocycles. The van der Waals surface area contributed by atoms with Crippen molar-refractivity contribution in [1.29, 1.82) is 0 Å². The van der Waals surface area contributed by atoms with E-state index in [1.807, 2.05) is 67.0 Å². The van der Waals surface area contributed by atoms with Crippen LogP contribution in [0.3, 0.4) is 0 Å². The van der Waals surface area contributed by atoms with Crippen molar-refractivity contribution in [3.8, 4) is 5.69 Å². The molecule has 5 heteroatoms. The summed E-state index contributed by atoms with van der Waals surface area (Å²) in [4.78, 5) is 9.55. The molecule has 0 saturated heterocycles. The Morgan fingerprint density at radius 3 is 2.57 bits per heavy atom. The summed E-state index contributed by atoms with van der Waals surface area (Å²) in [6, 6.07) is 24.0. The van der Waals surface area contributed by atoms with Gasteiger partial charge in [-0.3, -0.25) is 4.57 Å². The highest BCUT2D eigenvalue weighted by molar-refractivity contribution is 6.31. The smallest absolute Gasteiger partial charge is 0.159 e. The van der Waals surface area contributed by atoms with E-state index in [2.05, 4.69) is 35.5 Å². The van der Waals surface area contributed by atoms with E-state index < -0.39 is 0 Å². The quantitative estimate of drug-likeness (QED) is 0.362. The van der Waals surface area contributed by atoms with Crippen LogP contribution in [-0.2, 0) is 0 Å². The number of nitrogens with one attached hydrogen (secondary N) is 1. The van der Waals surface area contributed by atoms with Gasteiger partial charge in [0, 0.05) is 16.1 Å². The van der Waals surface area contributed by atoms with Gasteiger partial charge >= 0.3 is 0 Å². The summed E-state index contributed by atoms with van der Waals surface area (Å²) in [6.07, 6.45) is 1.84. The van der Waals surface area contributed by atoms with Crippen LogP contribution in [0.5, 0.6) is 0 Å². The number of fused-ring (bicyclic) bond motifs is 3. The molecule has 0 aliphatic heterocycles. The zero-order chi connectivity index (χ0) is 20.7. The van der Waals surface area contributed by atoms with Gasteiger partial charge in [0.1, 0.15) is 11.8 Å². The lowest BCUT2D eigenvalue weighted by atomic mass is 10.1. The van der Waals surface area contributed by atoms with Gasteiger partial charge in [0.25, 0.3) is 0 Å². The molecule has 1 N–H and O–H groups in total. The first kappa shape index (κ1) is 18.4. The zero-order valence-electron chi connectivity index (χ0n) is 16.4. The SMILES string of the molecule is C=C(Nc1nc2ccc(Cl)cc2c2c1ncn2-c1ccccc1C)c1ccccc1. The average molecular weight is 411 g/mol. The van der Waals surface area contributed by atoms with Gasteiger partial charge in [0.2, 0.25) is 0 Å². The predicted octanol–water partition coefficient (Wildman–Crippen LogP) is 6.62. The maximum atomic E-state index is 6.33. The first-order valence-electron chi connectivity index (χ1n) is 9.65. The van der Waals surface area contributed by atoms with E-state index in [9.17, 15) is 0 Å². The number of pyridine rings is 1. The third kappa shape index (κ3) is 3.11. The lowest BCUT2D eigenvalue weighted by Gasteiger charge is -2.13. The monoisotopic (exact) mass is 410 g/mol. The van der Waals surface area contributed by atoms with Crippen LogP contribution in [0.2, 0.25) is 5.02 Å². The number of nitrogens with zero attached hydrogens (tertiary/aromatic N) is 3. The molecule has 0 radical (unpaired) electrons. The van der Waals surface area contributed by atoms with E-state index >= 15 is 0 Å². The minimum absolute atomic E-state index is 0.664. The largest absolute Gasteiger partial charge is 0.338 e. The van der Waals surface area contributed by atoms with Gasteiger partial charge in [-0.2, -0.15) is 0 Å². The average Bonchev–Trinajstić information content (AvgIpc) is 3.21. The van der Waals surface area contributed by atoms with E-state index in [1.165, 1.54) is 0 Å². The van der Waals surface area contributed by atoms with Crippen molar-refractivity contribution in [3.63, 3.8) is 0 Å². The van der Waals surface area contributed by atoms with Crippen molar-refractivity contribution in [2.75, 3.05) is 5.32 Å². The Morgan fingerprint density at radius 2 is 1.77 bits per heavy atom. The summed E-state index contributed by atoms with van der Waals surface area (Å²) >= 11 is 6.33. The standard InChI is InChI=1S/C25H19ClN4/c1-16-8-6-7-11-22(16)30-15-27-23-24(30)20-14-19(26)12-13-21(20)29-25(23)28-17(2)18-9-4-3-5-10-18/h3-15H,2H2,1H3,(H,28,29). The van der Waals surface area contributed by atoms with Gasteiger partial charge in [-0.25, -0.2) is 9.97 Å². The number of imidazole rings is 1. The maximum Gasteiger partial charge on any atom is 0.159 e. The second-order valence-electron chi connectivity index (χ2n) is 7.19. The molecular formula is C25H19ClN4. The zero-order valence-corrected chi connectivity index (χ0v) is 17.2. The van der Waals surface area contributed by atoms with Crippen molar-refractivity contribution < 1.29 is 0 Å². The van der Waals surface area contributed by atoms with Crippen molar-refractivity contribution in [2.45, 2.75) is 6.92 Å². The van der Waals surface area contributed by atoms with Crippen LogP contribution < -0.4 is 5.32 Å². The molecule has 4 nitrogen and oxygen atoms in total. The second-order valence-corrected chi connectivity index (χ2v) is 7.63. The van der Waals surface area contributed by atoms with Crippen LogP contribution in [0.25, 0.3) is 33.3 Å². The number of aryl methyl sites for hydroxylation is 1. The lowest BCUT2D eigenvalue weighted by molar-refractivity contribution is 1.08. The molecule has 5 aromatic rings. The molecule has 0 unspecified atom stereocenters. The van der Waals surface area contributed by atoms with Gasteiger partial charge in [-0.15, -0.1) is 0 Å². The number of benzene rings is 3. The molecule has 2 aromatic heterocycles. The number of para-hydroxylation sites is 1. The molecule has 2 heterocycles. The van der Waals surface area contributed by atoms with Gasteiger partial charge in [0.15, 0.2) is 5.82 Å². The molecule has 0 aliphatic carbocycles. The fourth-order valence-electron chi connectivity index (χ4n) is 3.71. The summed E-state index contributed by atoms with van der Waals surface area (Å²) in [5.74, 6) is 0.668. The molecule has 0 bridgehead atoms. The number of halogens is 1. The van der Waals surface area contributed by atoms with Crippen LogP contribution in [-0.4, -0.2) is 14.5 Å². The molecule has 3 aromatic carbocycles. The van der Waals surface area contributed by atoms with E-state index in [0.717, 1.165) is 44.4 Å². The number of rotatable bonds is 4. The van der Waals surface area contributed by atoms with Crippen LogP contribution in [0.1, 0.15) is 11.1 Å². The first-order valence-corrected chi connectivity index (χ1v) is 10.0. The van der Waals surface area contributed by atoms with E-state index in [0.29, 0.717) is 10.8 Å². The number of aromatic nitrogens is 3. The van der Waals surface area contributed by atoms with E-state index in [1.54, 1.807) is 0 Å². The summed E-state index contributed by atoms with van der Waals surface area (Å²) in [7, 11) is 0. The number of hydrogen-bond acceptors (Lipinski definition) is 3. The second kappa shape index (κ2) is 7.32. The summed E-state index contributed by atoms with van der Waals surface area (Å²) in [5.41, 5.74) is 6.56.